The number of carbonyl (C=O) groups excluding carboxylic acids is 2. The van der Waals surface area contributed by atoms with Crippen molar-refractivity contribution in [3.63, 3.8) is 0 Å². The number of carbonyl (C=O) groups is 2. The zero-order chi connectivity index (χ0) is 17.4. The zero-order valence-electron chi connectivity index (χ0n) is 14.1. The van der Waals surface area contributed by atoms with Gasteiger partial charge in [-0.05, 0) is 30.5 Å². The number of nitrogens with two attached hydrogens (primary N) is 1. The number of hydrogen-bond donors (Lipinski definition) is 3. The molecule has 0 aliphatic carbocycles. The Morgan fingerprint density at radius 3 is 2.50 bits per heavy atom. The Balaban J connectivity index is 0.00000529. The fourth-order valence-electron chi connectivity index (χ4n) is 2.21. The molecule has 0 saturated heterocycles. The maximum atomic E-state index is 12.1. The Hall–Kier alpha value is -1.50. The smallest absolute Gasteiger partial charge is 0.239 e. The van der Waals surface area contributed by atoms with Crippen LogP contribution in [0.25, 0.3) is 0 Å². The summed E-state index contributed by atoms with van der Waals surface area (Å²) in [5, 5.41) is 5.93. The molecule has 1 aromatic rings. The third-order valence-corrected chi connectivity index (χ3v) is 3.48. The predicted octanol–water partition coefficient (Wildman–Crippen LogP) is 2.05. The van der Waals surface area contributed by atoms with Gasteiger partial charge in [0.25, 0.3) is 0 Å². The molecule has 0 aliphatic heterocycles. The van der Waals surface area contributed by atoms with Gasteiger partial charge in [-0.2, -0.15) is 0 Å². The first kappa shape index (κ1) is 22.5. The first-order valence-corrected chi connectivity index (χ1v) is 7.84. The van der Waals surface area contributed by atoms with Crippen molar-refractivity contribution in [3.05, 3.63) is 28.8 Å². The molecule has 8 heteroatoms. The summed E-state index contributed by atoms with van der Waals surface area (Å²) in [4.78, 5) is 23.2. The molecule has 2 amide bonds. The Morgan fingerprint density at radius 2 is 1.96 bits per heavy atom. The molecule has 1 rings (SSSR count). The molecule has 0 radical (unpaired) electrons. The van der Waals surface area contributed by atoms with Crippen LogP contribution >= 0.6 is 24.0 Å². The van der Waals surface area contributed by atoms with Crippen molar-refractivity contribution in [1.29, 1.82) is 0 Å². The summed E-state index contributed by atoms with van der Waals surface area (Å²) >= 11 is 6.07. The van der Waals surface area contributed by atoms with Crippen molar-refractivity contribution in [3.8, 4) is 5.75 Å². The lowest BCUT2D eigenvalue weighted by Crippen LogP contribution is -2.41. The quantitative estimate of drug-likeness (QED) is 0.646. The number of amides is 2. The van der Waals surface area contributed by atoms with Crippen molar-refractivity contribution in [2.24, 2.45) is 11.7 Å². The fraction of sp³-hybridized carbons (Fsp3) is 0.500. The van der Waals surface area contributed by atoms with Gasteiger partial charge in [0.15, 0.2) is 0 Å². The van der Waals surface area contributed by atoms with Crippen LogP contribution in [0, 0.1) is 5.92 Å². The molecule has 0 aromatic heterocycles. The largest absolute Gasteiger partial charge is 0.496 e. The number of hydrogen-bond acceptors (Lipinski definition) is 4. The predicted molar refractivity (Wildman–Crippen MR) is 97.7 cm³/mol. The topological polar surface area (TPSA) is 93.5 Å². The zero-order valence-corrected chi connectivity index (χ0v) is 15.7. The van der Waals surface area contributed by atoms with Crippen LogP contribution in [0.1, 0.15) is 31.9 Å². The number of rotatable bonds is 8. The molecule has 1 unspecified atom stereocenters. The van der Waals surface area contributed by atoms with Gasteiger partial charge in [0.1, 0.15) is 5.75 Å². The van der Waals surface area contributed by atoms with Gasteiger partial charge in [-0.3, -0.25) is 9.59 Å². The lowest BCUT2D eigenvalue weighted by atomic mass is 9.96. The average molecular weight is 378 g/mol. The molecular formula is C16H25Cl2N3O3. The maximum Gasteiger partial charge on any atom is 0.239 e. The summed E-state index contributed by atoms with van der Waals surface area (Å²) in [5.41, 5.74) is 6.01. The SMILES string of the molecule is COc1ccc(Cl)cc1C(CC(C)C)NC(=O)CNC(=O)CN.Cl. The highest BCUT2D eigenvalue weighted by Gasteiger charge is 2.20. The van der Waals surface area contributed by atoms with E-state index in [9.17, 15) is 9.59 Å². The van der Waals surface area contributed by atoms with Crippen molar-refractivity contribution < 1.29 is 14.3 Å². The second-order valence-electron chi connectivity index (χ2n) is 5.62. The van der Waals surface area contributed by atoms with Gasteiger partial charge in [-0.25, -0.2) is 0 Å². The molecule has 136 valence electrons. The van der Waals surface area contributed by atoms with Gasteiger partial charge >= 0.3 is 0 Å². The minimum Gasteiger partial charge on any atom is -0.496 e. The first-order chi connectivity index (χ1) is 10.9. The van der Waals surface area contributed by atoms with Gasteiger partial charge in [0.05, 0.1) is 26.2 Å². The molecule has 1 aromatic carbocycles. The Morgan fingerprint density at radius 1 is 1.29 bits per heavy atom. The minimum absolute atomic E-state index is 0. The molecular weight excluding hydrogens is 353 g/mol. The molecule has 0 heterocycles. The Labute approximate surface area is 153 Å². The second kappa shape index (κ2) is 11.1. The van der Waals surface area contributed by atoms with E-state index in [-0.39, 0.29) is 43.4 Å². The standard InChI is InChI=1S/C16H24ClN3O3.ClH/c1-10(2)6-13(20-16(22)9-19-15(21)8-18)12-7-11(17)4-5-14(12)23-3;/h4-5,7,10,13H,6,8-9,18H2,1-3H3,(H,19,21)(H,20,22);1H. The fourth-order valence-corrected chi connectivity index (χ4v) is 2.39. The van der Waals surface area contributed by atoms with Crippen LogP contribution in [0.15, 0.2) is 18.2 Å². The molecule has 0 aliphatic rings. The highest BCUT2D eigenvalue weighted by molar-refractivity contribution is 6.30. The van der Waals surface area contributed by atoms with Crippen molar-refractivity contribution in [2.75, 3.05) is 20.2 Å². The van der Waals surface area contributed by atoms with E-state index in [4.69, 9.17) is 22.1 Å². The molecule has 24 heavy (non-hydrogen) atoms. The van der Waals surface area contributed by atoms with Gasteiger partial charge < -0.3 is 21.1 Å². The van der Waals surface area contributed by atoms with Gasteiger partial charge in [0.2, 0.25) is 11.8 Å². The Kier molecular flexibility index (Phi) is 10.4. The number of ether oxygens (including phenoxy) is 1. The summed E-state index contributed by atoms with van der Waals surface area (Å²) in [6, 6.07) is 5.03. The average Bonchev–Trinajstić information content (AvgIpc) is 2.51. The maximum absolute atomic E-state index is 12.1. The lowest BCUT2D eigenvalue weighted by molar-refractivity contribution is -0.125. The lowest BCUT2D eigenvalue weighted by Gasteiger charge is -2.23. The van der Waals surface area contributed by atoms with Crippen LogP contribution in [0.2, 0.25) is 5.02 Å². The van der Waals surface area contributed by atoms with Crippen LogP contribution in [-0.2, 0) is 9.59 Å². The van der Waals surface area contributed by atoms with Crippen molar-refractivity contribution >= 4 is 35.8 Å². The third kappa shape index (κ3) is 7.38. The van der Waals surface area contributed by atoms with E-state index in [1.165, 1.54) is 0 Å². The third-order valence-electron chi connectivity index (χ3n) is 3.24. The van der Waals surface area contributed by atoms with Crippen LogP contribution in [-0.4, -0.2) is 32.0 Å². The number of nitrogens with one attached hydrogen (secondary N) is 2. The van der Waals surface area contributed by atoms with E-state index in [2.05, 4.69) is 24.5 Å². The molecule has 0 fully saturated rings. The van der Waals surface area contributed by atoms with Gasteiger partial charge in [-0.1, -0.05) is 25.4 Å². The van der Waals surface area contributed by atoms with Crippen LogP contribution in [0.5, 0.6) is 5.75 Å². The summed E-state index contributed by atoms with van der Waals surface area (Å²) in [5.74, 6) is 0.342. The summed E-state index contributed by atoms with van der Waals surface area (Å²) < 4.78 is 5.36. The summed E-state index contributed by atoms with van der Waals surface area (Å²) in [6.07, 6.45) is 0.716. The van der Waals surface area contributed by atoms with Gasteiger partial charge in [-0.15, -0.1) is 12.4 Å². The van der Waals surface area contributed by atoms with E-state index >= 15 is 0 Å². The molecule has 1 atom stereocenters. The van der Waals surface area contributed by atoms with Crippen LogP contribution in [0.4, 0.5) is 0 Å². The molecule has 0 bridgehead atoms. The molecule has 0 saturated carbocycles. The Bertz CT molecular complexity index is 553. The molecule has 4 N–H and O–H groups in total. The van der Waals surface area contributed by atoms with Crippen LogP contribution < -0.4 is 21.1 Å². The van der Waals surface area contributed by atoms with E-state index in [1.54, 1.807) is 25.3 Å². The van der Waals surface area contributed by atoms with E-state index in [0.29, 0.717) is 23.1 Å². The van der Waals surface area contributed by atoms with Crippen LogP contribution in [0.3, 0.4) is 0 Å². The molecule has 6 nitrogen and oxygen atoms in total. The second-order valence-corrected chi connectivity index (χ2v) is 6.05. The van der Waals surface area contributed by atoms with Gasteiger partial charge in [0, 0.05) is 10.6 Å². The van der Waals surface area contributed by atoms with E-state index in [0.717, 1.165) is 5.56 Å². The number of benzene rings is 1. The number of halogens is 2. The summed E-state index contributed by atoms with van der Waals surface area (Å²) in [6.45, 7) is 3.86. The number of methoxy groups -OCH3 is 1. The normalized spacial score (nSPS) is 11.4. The summed E-state index contributed by atoms with van der Waals surface area (Å²) in [7, 11) is 1.57. The van der Waals surface area contributed by atoms with E-state index < -0.39 is 0 Å². The highest BCUT2D eigenvalue weighted by atomic mass is 35.5. The molecule has 0 spiro atoms. The monoisotopic (exact) mass is 377 g/mol. The minimum atomic E-state index is -0.374. The first-order valence-electron chi connectivity index (χ1n) is 7.47. The van der Waals surface area contributed by atoms with Crippen molar-refractivity contribution in [1.82, 2.24) is 10.6 Å². The van der Waals surface area contributed by atoms with Crippen molar-refractivity contribution in [2.45, 2.75) is 26.3 Å². The highest BCUT2D eigenvalue weighted by Crippen LogP contribution is 2.31. The van der Waals surface area contributed by atoms with E-state index in [1.807, 2.05) is 0 Å².